The van der Waals surface area contributed by atoms with Gasteiger partial charge in [-0.15, -0.1) is 11.3 Å². The van der Waals surface area contributed by atoms with Crippen molar-refractivity contribution < 1.29 is 0 Å². The molecule has 1 aliphatic rings. The quantitative estimate of drug-likeness (QED) is 0.893. The highest BCUT2D eigenvalue weighted by Crippen LogP contribution is 2.26. The second-order valence-electron chi connectivity index (χ2n) is 5.26. The first kappa shape index (κ1) is 13.0. The van der Waals surface area contributed by atoms with Gasteiger partial charge in [-0.1, -0.05) is 13.8 Å². The molecule has 96 valence electrons. The van der Waals surface area contributed by atoms with Crippen LogP contribution in [0.5, 0.6) is 0 Å². The molecular formula is C13H23N3S. The standard InChI is InChI=1S/C13H23N3S/c1-9(2)13-15-10(3)12(17-13)7-11-8-14-5-6-16(11)4/h9,11,14H,5-8H2,1-4H3. The number of rotatable bonds is 3. The van der Waals surface area contributed by atoms with E-state index in [0.29, 0.717) is 12.0 Å². The summed E-state index contributed by atoms with van der Waals surface area (Å²) in [5.74, 6) is 0.551. The highest BCUT2D eigenvalue weighted by Gasteiger charge is 2.21. The van der Waals surface area contributed by atoms with Gasteiger partial charge in [0.15, 0.2) is 0 Å². The van der Waals surface area contributed by atoms with Crippen LogP contribution in [-0.2, 0) is 6.42 Å². The Hall–Kier alpha value is -0.450. The minimum Gasteiger partial charge on any atom is -0.314 e. The summed E-state index contributed by atoms with van der Waals surface area (Å²) < 4.78 is 0. The molecule has 2 rings (SSSR count). The summed E-state index contributed by atoms with van der Waals surface area (Å²) in [6, 6.07) is 0.628. The lowest BCUT2D eigenvalue weighted by Gasteiger charge is -2.32. The Morgan fingerprint density at radius 3 is 2.88 bits per heavy atom. The Morgan fingerprint density at radius 1 is 1.53 bits per heavy atom. The van der Waals surface area contributed by atoms with Gasteiger partial charge in [0.1, 0.15) is 0 Å². The number of aryl methyl sites for hydroxylation is 1. The van der Waals surface area contributed by atoms with Crippen LogP contribution < -0.4 is 5.32 Å². The van der Waals surface area contributed by atoms with E-state index in [0.717, 1.165) is 26.1 Å². The molecule has 0 saturated carbocycles. The molecule has 0 bridgehead atoms. The van der Waals surface area contributed by atoms with Crippen molar-refractivity contribution in [1.29, 1.82) is 0 Å². The summed E-state index contributed by atoms with van der Waals surface area (Å²) in [5, 5.41) is 4.76. The van der Waals surface area contributed by atoms with Crippen molar-refractivity contribution in [3.05, 3.63) is 15.6 Å². The molecule has 1 aliphatic heterocycles. The molecule has 2 heterocycles. The Labute approximate surface area is 108 Å². The summed E-state index contributed by atoms with van der Waals surface area (Å²) in [7, 11) is 2.23. The minimum absolute atomic E-state index is 0.551. The lowest BCUT2D eigenvalue weighted by atomic mass is 10.1. The van der Waals surface area contributed by atoms with Gasteiger partial charge in [-0.05, 0) is 14.0 Å². The second kappa shape index (κ2) is 5.46. The molecule has 0 aromatic carbocycles. The molecule has 1 fully saturated rings. The zero-order chi connectivity index (χ0) is 12.4. The Balaban J connectivity index is 2.07. The van der Waals surface area contributed by atoms with Crippen molar-refractivity contribution in [2.24, 2.45) is 0 Å². The van der Waals surface area contributed by atoms with Crippen molar-refractivity contribution in [2.75, 3.05) is 26.7 Å². The molecule has 4 heteroatoms. The van der Waals surface area contributed by atoms with Crippen molar-refractivity contribution in [3.63, 3.8) is 0 Å². The molecule has 1 aromatic heterocycles. The van der Waals surface area contributed by atoms with Crippen molar-refractivity contribution >= 4 is 11.3 Å². The van der Waals surface area contributed by atoms with E-state index in [9.17, 15) is 0 Å². The maximum Gasteiger partial charge on any atom is 0.0956 e. The predicted molar refractivity (Wildman–Crippen MR) is 73.9 cm³/mol. The lowest BCUT2D eigenvalue weighted by Crippen LogP contribution is -2.50. The fourth-order valence-corrected chi connectivity index (χ4v) is 3.33. The summed E-state index contributed by atoms with van der Waals surface area (Å²) >= 11 is 1.90. The van der Waals surface area contributed by atoms with Gasteiger partial charge in [-0.3, -0.25) is 0 Å². The highest BCUT2D eigenvalue weighted by atomic mass is 32.1. The third kappa shape index (κ3) is 3.06. The molecular weight excluding hydrogens is 230 g/mol. The average Bonchev–Trinajstić information content (AvgIpc) is 2.64. The number of nitrogens with zero attached hydrogens (tertiary/aromatic N) is 2. The molecule has 1 N–H and O–H groups in total. The summed E-state index contributed by atoms with van der Waals surface area (Å²) in [5.41, 5.74) is 1.23. The summed E-state index contributed by atoms with van der Waals surface area (Å²) in [6.45, 7) is 9.96. The molecule has 3 nitrogen and oxygen atoms in total. The predicted octanol–water partition coefficient (Wildman–Crippen LogP) is 2.02. The first-order valence-corrected chi connectivity index (χ1v) is 7.26. The third-order valence-electron chi connectivity index (χ3n) is 3.47. The van der Waals surface area contributed by atoms with Crippen LogP contribution in [0, 0.1) is 6.92 Å². The normalized spacial score (nSPS) is 22.3. The van der Waals surface area contributed by atoms with Crippen LogP contribution in [0.25, 0.3) is 0 Å². The monoisotopic (exact) mass is 253 g/mol. The van der Waals surface area contributed by atoms with Gasteiger partial charge in [-0.25, -0.2) is 4.98 Å². The molecule has 1 saturated heterocycles. The number of thiazole rings is 1. The van der Waals surface area contributed by atoms with Gasteiger partial charge < -0.3 is 10.2 Å². The van der Waals surface area contributed by atoms with E-state index in [-0.39, 0.29) is 0 Å². The number of likely N-dealkylation sites (N-methyl/N-ethyl adjacent to an activating group) is 1. The van der Waals surface area contributed by atoms with Crippen LogP contribution in [-0.4, -0.2) is 42.6 Å². The van der Waals surface area contributed by atoms with Crippen molar-refractivity contribution in [2.45, 2.75) is 39.2 Å². The molecule has 0 spiro atoms. The summed E-state index contributed by atoms with van der Waals surface area (Å²) in [6.07, 6.45) is 1.14. The molecule has 1 atom stereocenters. The second-order valence-corrected chi connectivity index (χ2v) is 6.37. The fraction of sp³-hybridized carbons (Fsp3) is 0.769. The van der Waals surface area contributed by atoms with E-state index in [1.807, 2.05) is 11.3 Å². The minimum atomic E-state index is 0.551. The first-order valence-electron chi connectivity index (χ1n) is 6.45. The third-order valence-corrected chi connectivity index (χ3v) is 4.95. The van der Waals surface area contributed by atoms with Gasteiger partial charge in [0.25, 0.3) is 0 Å². The summed E-state index contributed by atoms with van der Waals surface area (Å²) in [4.78, 5) is 8.61. The molecule has 0 amide bonds. The fourth-order valence-electron chi connectivity index (χ4n) is 2.19. The van der Waals surface area contributed by atoms with Gasteiger partial charge in [-0.2, -0.15) is 0 Å². The van der Waals surface area contributed by atoms with E-state index in [1.165, 1.54) is 15.6 Å². The maximum absolute atomic E-state index is 4.68. The number of aromatic nitrogens is 1. The van der Waals surface area contributed by atoms with E-state index >= 15 is 0 Å². The Bertz CT molecular complexity index is 373. The largest absolute Gasteiger partial charge is 0.314 e. The van der Waals surface area contributed by atoms with Crippen LogP contribution in [0.1, 0.15) is 35.3 Å². The van der Waals surface area contributed by atoms with Gasteiger partial charge >= 0.3 is 0 Å². The van der Waals surface area contributed by atoms with Gasteiger partial charge in [0.05, 0.1) is 10.7 Å². The molecule has 17 heavy (non-hydrogen) atoms. The van der Waals surface area contributed by atoms with Crippen LogP contribution in [0.3, 0.4) is 0 Å². The van der Waals surface area contributed by atoms with Crippen LogP contribution >= 0.6 is 11.3 Å². The maximum atomic E-state index is 4.68. The van der Waals surface area contributed by atoms with E-state index < -0.39 is 0 Å². The van der Waals surface area contributed by atoms with Gasteiger partial charge in [0, 0.05) is 42.9 Å². The van der Waals surface area contributed by atoms with E-state index in [2.05, 4.69) is 43.0 Å². The number of nitrogens with one attached hydrogen (secondary N) is 1. The number of hydrogen-bond acceptors (Lipinski definition) is 4. The molecule has 0 radical (unpaired) electrons. The van der Waals surface area contributed by atoms with E-state index in [1.54, 1.807) is 0 Å². The lowest BCUT2D eigenvalue weighted by molar-refractivity contribution is 0.199. The zero-order valence-corrected chi connectivity index (χ0v) is 12.1. The number of piperazine rings is 1. The topological polar surface area (TPSA) is 28.2 Å². The Morgan fingerprint density at radius 2 is 2.29 bits per heavy atom. The van der Waals surface area contributed by atoms with Crippen molar-refractivity contribution in [1.82, 2.24) is 15.2 Å². The Kier molecular flexibility index (Phi) is 4.17. The smallest absolute Gasteiger partial charge is 0.0956 e. The molecule has 1 unspecified atom stereocenters. The van der Waals surface area contributed by atoms with Crippen LogP contribution in [0.15, 0.2) is 0 Å². The first-order chi connectivity index (χ1) is 8.08. The molecule has 0 aliphatic carbocycles. The van der Waals surface area contributed by atoms with Crippen LogP contribution in [0.2, 0.25) is 0 Å². The van der Waals surface area contributed by atoms with Crippen molar-refractivity contribution in [3.8, 4) is 0 Å². The van der Waals surface area contributed by atoms with E-state index in [4.69, 9.17) is 0 Å². The van der Waals surface area contributed by atoms with Crippen LogP contribution in [0.4, 0.5) is 0 Å². The highest BCUT2D eigenvalue weighted by molar-refractivity contribution is 7.11. The van der Waals surface area contributed by atoms with Gasteiger partial charge in [0.2, 0.25) is 0 Å². The number of hydrogen-bond donors (Lipinski definition) is 1. The average molecular weight is 253 g/mol. The SMILES string of the molecule is Cc1nc(C(C)C)sc1CC1CNCCN1C. The molecule has 1 aromatic rings. The zero-order valence-electron chi connectivity index (χ0n) is 11.3.